The second-order valence-corrected chi connectivity index (χ2v) is 5.00. The summed E-state index contributed by atoms with van der Waals surface area (Å²) in [5.41, 5.74) is 1.72. The fourth-order valence-electron chi connectivity index (χ4n) is 2.50. The van der Waals surface area contributed by atoms with Gasteiger partial charge >= 0.3 is 0 Å². The largest absolute Gasteiger partial charge is 0.493 e. The van der Waals surface area contributed by atoms with Gasteiger partial charge in [0.2, 0.25) is 6.10 Å². The fourth-order valence-corrected chi connectivity index (χ4v) is 2.50. The van der Waals surface area contributed by atoms with Gasteiger partial charge in [-0.05, 0) is 12.1 Å². The molecule has 2 aromatic carbocycles. The summed E-state index contributed by atoms with van der Waals surface area (Å²) < 4.78 is 11.2. The van der Waals surface area contributed by atoms with Gasteiger partial charge in [0, 0.05) is 18.2 Å². The number of fused-ring (bicyclic) bond motifs is 1. The standard InChI is InChI=1S/C17H15NO4/c1-18-13-8-11(10-19)9-14(21-2)16(13)22-15(17(18)20)12-6-4-3-5-7-12/h3-10,15H,1-2H3. The molecule has 2 aromatic rings. The summed E-state index contributed by atoms with van der Waals surface area (Å²) >= 11 is 0. The Bertz CT molecular complexity index is 727. The van der Waals surface area contributed by atoms with E-state index >= 15 is 0 Å². The normalized spacial score (nSPS) is 16.7. The number of aldehydes is 1. The fraction of sp³-hybridized carbons (Fsp3) is 0.176. The number of benzene rings is 2. The average molecular weight is 297 g/mol. The van der Waals surface area contributed by atoms with Crippen molar-refractivity contribution in [1.29, 1.82) is 0 Å². The van der Waals surface area contributed by atoms with E-state index < -0.39 is 6.10 Å². The van der Waals surface area contributed by atoms with E-state index in [2.05, 4.69) is 0 Å². The third kappa shape index (κ3) is 2.20. The lowest BCUT2D eigenvalue weighted by molar-refractivity contribution is -0.126. The topological polar surface area (TPSA) is 55.8 Å². The number of methoxy groups -OCH3 is 1. The van der Waals surface area contributed by atoms with Gasteiger partial charge in [-0.3, -0.25) is 9.59 Å². The zero-order chi connectivity index (χ0) is 15.7. The number of rotatable bonds is 3. The molecule has 1 amide bonds. The van der Waals surface area contributed by atoms with Gasteiger partial charge < -0.3 is 14.4 Å². The lowest BCUT2D eigenvalue weighted by atomic mass is 10.0. The van der Waals surface area contributed by atoms with Crippen molar-refractivity contribution in [2.75, 3.05) is 19.1 Å². The lowest BCUT2D eigenvalue weighted by Gasteiger charge is -2.33. The Balaban J connectivity index is 2.12. The Morgan fingerprint density at radius 1 is 1.23 bits per heavy atom. The highest BCUT2D eigenvalue weighted by atomic mass is 16.5. The Morgan fingerprint density at radius 2 is 1.95 bits per heavy atom. The van der Waals surface area contributed by atoms with Gasteiger partial charge in [-0.15, -0.1) is 0 Å². The summed E-state index contributed by atoms with van der Waals surface area (Å²) in [4.78, 5) is 25.1. The van der Waals surface area contributed by atoms with E-state index in [1.807, 2.05) is 30.3 Å². The number of carbonyl (C=O) groups is 2. The maximum absolute atomic E-state index is 12.6. The lowest BCUT2D eigenvalue weighted by Crippen LogP contribution is -2.38. The summed E-state index contributed by atoms with van der Waals surface area (Å²) in [6.45, 7) is 0. The van der Waals surface area contributed by atoms with Crippen LogP contribution in [0.1, 0.15) is 22.0 Å². The van der Waals surface area contributed by atoms with Gasteiger partial charge in [-0.1, -0.05) is 30.3 Å². The molecule has 0 saturated carbocycles. The second-order valence-electron chi connectivity index (χ2n) is 5.00. The molecule has 0 aromatic heterocycles. The molecule has 0 N–H and O–H groups in total. The van der Waals surface area contributed by atoms with E-state index in [0.717, 1.165) is 5.56 Å². The minimum Gasteiger partial charge on any atom is -0.493 e. The predicted octanol–water partition coefficient (Wildman–Crippen LogP) is 2.60. The molecule has 0 fully saturated rings. The van der Waals surface area contributed by atoms with Crippen LogP contribution in [0.4, 0.5) is 5.69 Å². The maximum atomic E-state index is 12.6. The minimum absolute atomic E-state index is 0.191. The molecule has 5 heteroatoms. The summed E-state index contributed by atoms with van der Waals surface area (Å²) in [6, 6.07) is 12.5. The number of hydrogen-bond acceptors (Lipinski definition) is 4. The van der Waals surface area contributed by atoms with Crippen LogP contribution in [0.2, 0.25) is 0 Å². The van der Waals surface area contributed by atoms with E-state index in [-0.39, 0.29) is 5.91 Å². The monoisotopic (exact) mass is 297 g/mol. The first-order valence-corrected chi connectivity index (χ1v) is 6.82. The Labute approximate surface area is 128 Å². The molecular formula is C17H15NO4. The van der Waals surface area contributed by atoms with Gasteiger partial charge in [0.1, 0.15) is 6.29 Å². The van der Waals surface area contributed by atoms with E-state index in [4.69, 9.17) is 9.47 Å². The Morgan fingerprint density at radius 3 is 2.59 bits per heavy atom. The molecule has 1 atom stereocenters. The van der Waals surface area contributed by atoms with Crippen molar-refractivity contribution in [3.63, 3.8) is 0 Å². The SMILES string of the molecule is COc1cc(C=O)cc2c1OC(c1ccccc1)C(=O)N2C. The molecule has 1 heterocycles. The summed E-state index contributed by atoms with van der Waals surface area (Å²) in [5, 5.41) is 0. The quantitative estimate of drug-likeness (QED) is 0.817. The molecule has 0 bridgehead atoms. The first-order chi connectivity index (χ1) is 10.7. The Kier molecular flexibility index (Phi) is 3.55. The van der Waals surface area contributed by atoms with Crippen LogP contribution in [0.15, 0.2) is 42.5 Å². The van der Waals surface area contributed by atoms with Crippen molar-refractivity contribution >= 4 is 17.9 Å². The maximum Gasteiger partial charge on any atom is 0.272 e. The smallest absolute Gasteiger partial charge is 0.272 e. The van der Waals surface area contributed by atoms with Gasteiger partial charge in [0.15, 0.2) is 11.5 Å². The van der Waals surface area contributed by atoms with Crippen LogP contribution in [0, 0.1) is 0 Å². The number of ether oxygens (including phenoxy) is 2. The zero-order valence-electron chi connectivity index (χ0n) is 12.3. The van der Waals surface area contributed by atoms with E-state index in [1.54, 1.807) is 19.2 Å². The van der Waals surface area contributed by atoms with Gasteiger partial charge in [-0.25, -0.2) is 0 Å². The Hall–Kier alpha value is -2.82. The molecule has 1 aliphatic heterocycles. The van der Waals surface area contributed by atoms with Crippen molar-refractivity contribution < 1.29 is 19.1 Å². The third-order valence-corrected chi connectivity index (χ3v) is 3.67. The molecule has 22 heavy (non-hydrogen) atoms. The molecule has 1 unspecified atom stereocenters. The first-order valence-electron chi connectivity index (χ1n) is 6.82. The minimum atomic E-state index is -0.727. The first kappa shape index (κ1) is 14.1. The molecule has 3 rings (SSSR count). The van der Waals surface area contributed by atoms with Crippen LogP contribution in [-0.4, -0.2) is 26.4 Å². The van der Waals surface area contributed by atoms with Crippen LogP contribution in [0.3, 0.4) is 0 Å². The molecule has 112 valence electrons. The third-order valence-electron chi connectivity index (χ3n) is 3.67. The van der Waals surface area contributed by atoms with E-state index in [1.165, 1.54) is 12.0 Å². The van der Waals surface area contributed by atoms with Crippen molar-refractivity contribution in [3.8, 4) is 11.5 Å². The summed E-state index contributed by atoms with van der Waals surface area (Å²) in [6.07, 6.45) is -0.0144. The molecule has 0 radical (unpaired) electrons. The molecular weight excluding hydrogens is 282 g/mol. The van der Waals surface area contributed by atoms with Crippen molar-refractivity contribution in [2.24, 2.45) is 0 Å². The predicted molar refractivity (Wildman–Crippen MR) is 81.6 cm³/mol. The number of likely N-dealkylation sites (N-methyl/N-ethyl adjacent to an activating group) is 1. The molecule has 0 aliphatic carbocycles. The van der Waals surface area contributed by atoms with Crippen LogP contribution < -0.4 is 14.4 Å². The second kappa shape index (κ2) is 5.52. The molecule has 5 nitrogen and oxygen atoms in total. The molecule has 1 aliphatic rings. The number of carbonyl (C=O) groups excluding carboxylic acids is 2. The van der Waals surface area contributed by atoms with Crippen LogP contribution >= 0.6 is 0 Å². The highest BCUT2D eigenvalue weighted by molar-refractivity contribution is 6.01. The highest BCUT2D eigenvalue weighted by Gasteiger charge is 2.35. The summed E-state index contributed by atoms with van der Waals surface area (Å²) in [5.74, 6) is 0.702. The van der Waals surface area contributed by atoms with Crippen molar-refractivity contribution in [3.05, 3.63) is 53.6 Å². The van der Waals surface area contributed by atoms with E-state index in [9.17, 15) is 9.59 Å². The van der Waals surface area contributed by atoms with Gasteiger partial charge in [0.05, 0.1) is 12.8 Å². The van der Waals surface area contributed by atoms with Crippen LogP contribution in [0.25, 0.3) is 0 Å². The van der Waals surface area contributed by atoms with Crippen molar-refractivity contribution in [1.82, 2.24) is 0 Å². The number of anilines is 1. The number of amides is 1. The number of nitrogens with zero attached hydrogens (tertiary/aromatic N) is 1. The molecule has 0 saturated heterocycles. The number of hydrogen-bond donors (Lipinski definition) is 0. The van der Waals surface area contributed by atoms with Crippen LogP contribution in [-0.2, 0) is 4.79 Å². The zero-order valence-corrected chi connectivity index (χ0v) is 12.3. The van der Waals surface area contributed by atoms with Gasteiger partial charge in [-0.2, -0.15) is 0 Å². The van der Waals surface area contributed by atoms with E-state index in [0.29, 0.717) is 29.0 Å². The van der Waals surface area contributed by atoms with Gasteiger partial charge in [0.25, 0.3) is 5.91 Å². The summed E-state index contributed by atoms with van der Waals surface area (Å²) in [7, 11) is 3.16. The highest BCUT2D eigenvalue weighted by Crippen LogP contribution is 2.45. The average Bonchev–Trinajstić information content (AvgIpc) is 2.57. The molecule has 0 spiro atoms. The van der Waals surface area contributed by atoms with Crippen LogP contribution in [0.5, 0.6) is 11.5 Å². The van der Waals surface area contributed by atoms with Crippen molar-refractivity contribution in [2.45, 2.75) is 6.10 Å².